The first-order valence-corrected chi connectivity index (χ1v) is 18.1. The number of rotatable bonds is 10. The van der Waals surface area contributed by atoms with Gasteiger partial charge in [0.2, 0.25) is 0 Å². The van der Waals surface area contributed by atoms with Crippen LogP contribution in [0.5, 0.6) is 0 Å². The Labute approximate surface area is 190 Å². The van der Waals surface area contributed by atoms with Gasteiger partial charge in [-0.3, -0.25) is 4.79 Å². The third-order valence-electron chi connectivity index (χ3n) is 8.54. The average Bonchev–Trinajstić information content (AvgIpc) is 2.55. The highest BCUT2D eigenvalue weighted by atomic mass is 28.4. The van der Waals surface area contributed by atoms with E-state index in [1.165, 1.54) is 0 Å². The number of Topliss-reactive ketones (excluding diaryl/α,β-unsaturated/α-hetero) is 1. The summed E-state index contributed by atoms with van der Waals surface area (Å²) in [5, 5.41) is 0.356. The maximum absolute atomic E-state index is 13.3. The molecule has 0 amide bonds. The van der Waals surface area contributed by atoms with Crippen molar-refractivity contribution in [2.45, 2.75) is 143 Å². The summed E-state index contributed by atoms with van der Waals surface area (Å²) in [6, 6.07) is 0. The van der Waals surface area contributed by atoms with Gasteiger partial charge in [-0.2, -0.15) is 0 Å². The van der Waals surface area contributed by atoms with E-state index in [1.54, 1.807) is 0 Å². The van der Waals surface area contributed by atoms with Crippen LogP contribution in [0, 0.1) is 11.3 Å². The summed E-state index contributed by atoms with van der Waals surface area (Å²) in [4.78, 5) is 13.3. The number of carbonyl (C=O) groups excluding carboxylic acids is 1. The van der Waals surface area contributed by atoms with Gasteiger partial charge in [0.05, 0.1) is 11.5 Å². The fraction of sp³-hybridized carbons (Fsp3) is 0.960. The zero-order chi connectivity index (χ0) is 23.8. The monoisotopic (exact) mass is 456 g/mol. The molecule has 0 aromatic heterocycles. The van der Waals surface area contributed by atoms with Gasteiger partial charge in [0, 0.05) is 12.5 Å². The number of carbonyl (C=O) groups is 1. The predicted molar refractivity (Wildman–Crippen MR) is 135 cm³/mol. The Kier molecular flexibility index (Phi) is 8.87. The van der Waals surface area contributed by atoms with Crippen molar-refractivity contribution < 1.29 is 13.6 Å². The molecule has 0 saturated heterocycles. The van der Waals surface area contributed by atoms with Gasteiger partial charge in [-0.25, -0.2) is 0 Å². The molecule has 2 atom stereocenters. The molecular weight excluding hydrogens is 404 g/mol. The third-order valence-corrected chi connectivity index (χ3v) is 17.5. The molecule has 0 heterocycles. The zero-order valence-corrected chi connectivity index (χ0v) is 24.5. The quantitative estimate of drug-likeness (QED) is 0.313. The topological polar surface area (TPSA) is 35.5 Å². The van der Waals surface area contributed by atoms with Gasteiger partial charge in [0.1, 0.15) is 5.78 Å². The Morgan fingerprint density at radius 2 is 1.30 bits per heavy atom. The minimum atomic E-state index is -1.94. The van der Waals surface area contributed by atoms with E-state index in [-0.39, 0.29) is 27.7 Å². The predicted octanol–water partition coefficient (Wildman–Crippen LogP) is 7.96. The summed E-state index contributed by atoms with van der Waals surface area (Å²) in [5.74, 6) is 0.864. The Morgan fingerprint density at radius 3 is 1.63 bits per heavy atom. The van der Waals surface area contributed by atoms with Crippen molar-refractivity contribution in [1.29, 1.82) is 0 Å². The Hall–Kier alpha value is 0.0238. The Bertz CT molecular complexity index is 578. The lowest BCUT2D eigenvalue weighted by Crippen LogP contribution is -2.59. The van der Waals surface area contributed by atoms with Gasteiger partial charge in [0.25, 0.3) is 0 Å². The summed E-state index contributed by atoms with van der Waals surface area (Å²) < 4.78 is 13.7. The number of hydrogen-bond donors (Lipinski definition) is 0. The second kappa shape index (κ2) is 9.48. The van der Waals surface area contributed by atoms with Crippen LogP contribution in [0.3, 0.4) is 0 Å². The molecule has 0 unspecified atom stereocenters. The number of hydrogen-bond acceptors (Lipinski definition) is 3. The molecule has 0 radical (unpaired) electrons. The minimum Gasteiger partial charge on any atom is -0.414 e. The standard InChI is InChI=1S/C25H52O3Si2/c1-14-20(27-29(10,11)23(4,5)6)19-17-25(18-19,21(26)15-2)22(16-3)28-30(12,13)24(7,8)9/h19-20,22H,14-18H2,1-13H3/t19?,20-,22-,25?/m0/s1. The van der Waals surface area contributed by atoms with E-state index in [4.69, 9.17) is 8.85 Å². The summed E-state index contributed by atoms with van der Waals surface area (Å²) >= 11 is 0. The van der Waals surface area contributed by atoms with E-state index < -0.39 is 16.6 Å². The fourth-order valence-corrected chi connectivity index (χ4v) is 7.28. The van der Waals surface area contributed by atoms with Crippen LogP contribution in [0.15, 0.2) is 0 Å². The minimum absolute atomic E-state index is 0.0347. The van der Waals surface area contributed by atoms with Crippen molar-refractivity contribution in [2.75, 3.05) is 0 Å². The van der Waals surface area contributed by atoms with Crippen LogP contribution < -0.4 is 0 Å². The van der Waals surface area contributed by atoms with Gasteiger partial charge in [-0.1, -0.05) is 62.3 Å². The molecule has 0 bridgehead atoms. The van der Waals surface area contributed by atoms with Crippen LogP contribution >= 0.6 is 0 Å². The molecule has 0 aliphatic heterocycles. The highest BCUT2D eigenvalue weighted by Crippen LogP contribution is 2.55. The first-order valence-electron chi connectivity index (χ1n) is 12.3. The normalized spacial score (nSPS) is 25.6. The van der Waals surface area contributed by atoms with E-state index in [0.717, 1.165) is 25.7 Å². The molecular formula is C25H52O3Si2. The zero-order valence-electron chi connectivity index (χ0n) is 22.5. The smallest absolute Gasteiger partial charge is 0.192 e. The first-order chi connectivity index (χ1) is 13.4. The second-order valence-electron chi connectivity index (χ2n) is 12.7. The van der Waals surface area contributed by atoms with Gasteiger partial charge >= 0.3 is 0 Å². The van der Waals surface area contributed by atoms with Gasteiger partial charge < -0.3 is 8.85 Å². The molecule has 1 aliphatic carbocycles. The molecule has 1 fully saturated rings. The highest BCUT2D eigenvalue weighted by Gasteiger charge is 2.58. The van der Waals surface area contributed by atoms with E-state index in [9.17, 15) is 4.79 Å². The van der Waals surface area contributed by atoms with Gasteiger partial charge in [-0.05, 0) is 67.9 Å². The third kappa shape index (κ3) is 5.68. The molecule has 0 spiro atoms. The van der Waals surface area contributed by atoms with Crippen molar-refractivity contribution in [2.24, 2.45) is 11.3 Å². The first kappa shape index (κ1) is 28.1. The maximum Gasteiger partial charge on any atom is 0.192 e. The summed E-state index contributed by atoms with van der Waals surface area (Å²) in [6.45, 7) is 29.5. The lowest BCUT2D eigenvalue weighted by molar-refractivity contribution is -0.154. The summed E-state index contributed by atoms with van der Waals surface area (Å²) in [5.41, 5.74) is -0.312. The van der Waals surface area contributed by atoms with Crippen LogP contribution in [0.2, 0.25) is 36.3 Å². The molecule has 5 heteroatoms. The van der Waals surface area contributed by atoms with E-state index >= 15 is 0 Å². The van der Waals surface area contributed by atoms with Crippen LogP contribution in [-0.2, 0) is 13.6 Å². The number of ketones is 1. The second-order valence-corrected chi connectivity index (χ2v) is 22.2. The molecule has 1 aliphatic rings. The maximum atomic E-state index is 13.3. The molecule has 30 heavy (non-hydrogen) atoms. The van der Waals surface area contributed by atoms with Crippen molar-refractivity contribution in [3.63, 3.8) is 0 Å². The molecule has 1 rings (SSSR count). The molecule has 178 valence electrons. The summed E-state index contributed by atoms with van der Waals surface area (Å²) in [6.07, 6.45) is 4.68. The average molecular weight is 457 g/mol. The fourth-order valence-electron chi connectivity index (χ4n) is 4.35. The van der Waals surface area contributed by atoms with E-state index in [0.29, 0.717) is 18.1 Å². The van der Waals surface area contributed by atoms with Crippen molar-refractivity contribution in [3.05, 3.63) is 0 Å². The van der Waals surface area contributed by atoms with Gasteiger partial charge in [0.15, 0.2) is 16.6 Å². The van der Waals surface area contributed by atoms with E-state index in [2.05, 4.69) is 81.6 Å². The van der Waals surface area contributed by atoms with E-state index in [1.807, 2.05) is 6.92 Å². The molecule has 3 nitrogen and oxygen atoms in total. The molecule has 0 N–H and O–H groups in total. The highest BCUT2D eigenvalue weighted by molar-refractivity contribution is 6.74. The van der Waals surface area contributed by atoms with Crippen LogP contribution in [0.25, 0.3) is 0 Å². The SMILES string of the molecule is CCC(=O)C1([C@H](CC)O[Si](C)(C)C(C)(C)C)CC([C@H](CC)O[Si](C)(C)C(C)(C)C)C1. The van der Waals surface area contributed by atoms with Gasteiger partial charge in [-0.15, -0.1) is 0 Å². The van der Waals surface area contributed by atoms with Crippen molar-refractivity contribution in [3.8, 4) is 0 Å². The van der Waals surface area contributed by atoms with Crippen LogP contribution in [-0.4, -0.2) is 34.6 Å². The molecule has 0 aromatic carbocycles. The van der Waals surface area contributed by atoms with Crippen molar-refractivity contribution in [1.82, 2.24) is 0 Å². The molecule has 0 aromatic rings. The van der Waals surface area contributed by atoms with Crippen LogP contribution in [0.1, 0.15) is 94.4 Å². The molecule has 1 saturated carbocycles. The Morgan fingerprint density at radius 1 is 0.867 bits per heavy atom. The lowest BCUT2D eigenvalue weighted by Gasteiger charge is -2.56. The lowest BCUT2D eigenvalue weighted by atomic mass is 9.54. The summed E-state index contributed by atoms with van der Waals surface area (Å²) in [7, 11) is -3.76. The Balaban J connectivity index is 3.10. The van der Waals surface area contributed by atoms with Crippen LogP contribution in [0.4, 0.5) is 0 Å². The van der Waals surface area contributed by atoms with Crippen molar-refractivity contribution >= 4 is 22.4 Å². The largest absolute Gasteiger partial charge is 0.414 e.